The Balaban J connectivity index is 1.38. The second-order valence-corrected chi connectivity index (χ2v) is 9.81. The first-order chi connectivity index (χ1) is 14.2. The largest absolute Gasteiger partial charge is 0.353 e. The van der Waals surface area contributed by atoms with Crippen LogP contribution in [-0.2, 0) is 9.59 Å². The number of nitrogens with one attached hydrogen (secondary N) is 1. The summed E-state index contributed by atoms with van der Waals surface area (Å²) in [5.74, 6) is 0.815. The van der Waals surface area contributed by atoms with Crippen molar-refractivity contribution in [2.75, 3.05) is 37.6 Å². The summed E-state index contributed by atoms with van der Waals surface area (Å²) < 4.78 is 0. The minimum atomic E-state index is -0.865. The SMILES string of the molecule is C[C@@H]1CC(C)(C)C[C@@]2(C1)NC(=O)N(CC(=O)N1CCN(c3ccccn3)CC1)C2=O. The van der Waals surface area contributed by atoms with Crippen molar-refractivity contribution in [2.45, 2.75) is 45.6 Å². The third-order valence-corrected chi connectivity index (χ3v) is 6.52. The number of hydrogen-bond donors (Lipinski definition) is 1. The lowest BCUT2D eigenvalue weighted by Crippen LogP contribution is -2.55. The lowest BCUT2D eigenvalue weighted by molar-refractivity contribution is -0.140. The smallest absolute Gasteiger partial charge is 0.325 e. The fourth-order valence-corrected chi connectivity index (χ4v) is 5.61. The molecule has 1 aliphatic carbocycles. The third kappa shape index (κ3) is 3.87. The first-order valence-electron chi connectivity index (χ1n) is 10.8. The molecule has 30 heavy (non-hydrogen) atoms. The van der Waals surface area contributed by atoms with Crippen molar-refractivity contribution in [1.29, 1.82) is 0 Å². The standard InChI is InChI=1S/C22H31N5O3/c1-16-12-21(2,3)15-22(13-16)19(29)27(20(30)24-22)14-18(28)26-10-8-25(9-11-26)17-6-4-5-7-23-17/h4-7,16H,8-15H2,1-3H3,(H,24,30)/t16-,22-/m1/s1. The van der Waals surface area contributed by atoms with Crippen LogP contribution in [0.15, 0.2) is 24.4 Å². The van der Waals surface area contributed by atoms with Crippen molar-refractivity contribution in [1.82, 2.24) is 20.1 Å². The molecular weight excluding hydrogens is 382 g/mol. The highest BCUT2D eigenvalue weighted by Crippen LogP contribution is 2.46. The molecular formula is C22H31N5O3. The van der Waals surface area contributed by atoms with Gasteiger partial charge in [-0.1, -0.05) is 26.8 Å². The van der Waals surface area contributed by atoms with Gasteiger partial charge in [0, 0.05) is 32.4 Å². The minimum absolute atomic E-state index is 0.0254. The zero-order chi connectivity index (χ0) is 21.5. The molecule has 4 rings (SSSR count). The fourth-order valence-electron chi connectivity index (χ4n) is 5.61. The second-order valence-electron chi connectivity index (χ2n) is 9.81. The van der Waals surface area contributed by atoms with Crippen LogP contribution in [-0.4, -0.2) is 70.9 Å². The molecule has 2 atom stereocenters. The maximum Gasteiger partial charge on any atom is 0.325 e. The molecule has 8 heteroatoms. The predicted octanol–water partition coefficient (Wildman–Crippen LogP) is 1.87. The summed E-state index contributed by atoms with van der Waals surface area (Å²) in [6, 6.07) is 5.34. The van der Waals surface area contributed by atoms with Gasteiger partial charge in [-0.25, -0.2) is 9.78 Å². The highest BCUT2D eigenvalue weighted by atomic mass is 16.2. The van der Waals surface area contributed by atoms with E-state index < -0.39 is 11.6 Å². The third-order valence-electron chi connectivity index (χ3n) is 6.52. The Morgan fingerprint density at radius 2 is 1.90 bits per heavy atom. The van der Waals surface area contributed by atoms with Gasteiger partial charge in [-0.05, 0) is 42.7 Å². The topological polar surface area (TPSA) is 85.8 Å². The predicted molar refractivity (Wildman–Crippen MR) is 113 cm³/mol. The number of rotatable bonds is 3. The average Bonchev–Trinajstić information content (AvgIpc) is 2.90. The molecule has 3 aliphatic rings. The first-order valence-corrected chi connectivity index (χ1v) is 10.8. The Kier molecular flexibility index (Phi) is 5.20. The Bertz CT molecular complexity index is 834. The van der Waals surface area contributed by atoms with Gasteiger partial charge in [-0.3, -0.25) is 14.5 Å². The van der Waals surface area contributed by atoms with Gasteiger partial charge in [0.1, 0.15) is 17.9 Å². The molecule has 1 saturated carbocycles. The van der Waals surface area contributed by atoms with Crippen LogP contribution in [0.1, 0.15) is 40.0 Å². The molecule has 8 nitrogen and oxygen atoms in total. The molecule has 1 aromatic heterocycles. The number of hydrogen-bond acceptors (Lipinski definition) is 5. The maximum atomic E-state index is 13.2. The van der Waals surface area contributed by atoms with Gasteiger partial charge in [0.15, 0.2) is 0 Å². The highest BCUT2D eigenvalue weighted by Gasteiger charge is 2.56. The van der Waals surface area contributed by atoms with Crippen LogP contribution in [0, 0.1) is 11.3 Å². The molecule has 0 bridgehead atoms. The summed E-state index contributed by atoms with van der Waals surface area (Å²) in [7, 11) is 0. The molecule has 1 spiro atoms. The van der Waals surface area contributed by atoms with E-state index in [2.05, 4.69) is 36.0 Å². The van der Waals surface area contributed by atoms with E-state index in [-0.39, 0.29) is 23.8 Å². The fraction of sp³-hybridized carbons (Fsp3) is 0.636. The van der Waals surface area contributed by atoms with Gasteiger partial charge >= 0.3 is 6.03 Å². The van der Waals surface area contributed by atoms with Gasteiger partial charge in [-0.15, -0.1) is 0 Å². The number of carbonyl (C=O) groups is 3. The zero-order valence-electron chi connectivity index (χ0n) is 18.1. The summed E-state index contributed by atoms with van der Waals surface area (Å²) in [6.45, 7) is 8.67. The summed E-state index contributed by atoms with van der Waals surface area (Å²) in [6.07, 6.45) is 4.03. The molecule has 2 aliphatic heterocycles. The second kappa shape index (κ2) is 7.56. The van der Waals surface area contributed by atoms with Crippen molar-refractivity contribution in [3.05, 3.63) is 24.4 Å². The van der Waals surface area contributed by atoms with E-state index in [1.807, 2.05) is 18.2 Å². The molecule has 4 amide bonds. The van der Waals surface area contributed by atoms with Crippen molar-refractivity contribution < 1.29 is 14.4 Å². The quantitative estimate of drug-likeness (QED) is 0.765. The van der Waals surface area contributed by atoms with Crippen LogP contribution in [0.5, 0.6) is 0 Å². The molecule has 0 unspecified atom stereocenters. The van der Waals surface area contributed by atoms with E-state index in [0.29, 0.717) is 44.9 Å². The van der Waals surface area contributed by atoms with Crippen LogP contribution in [0.3, 0.4) is 0 Å². The number of carbonyl (C=O) groups excluding carboxylic acids is 3. The molecule has 0 radical (unpaired) electrons. The van der Waals surface area contributed by atoms with Crippen LogP contribution < -0.4 is 10.2 Å². The number of imide groups is 1. The van der Waals surface area contributed by atoms with E-state index in [1.165, 1.54) is 0 Å². The summed E-state index contributed by atoms with van der Waals surface area (Å²) in [5, 5.41) is 2.94. The number of nitrogens with zero attached hydrogens (tertiary/aromatic N) is 4. The summed E-state index contributed by atoms with van der Waals surface area (Å²) in [4.78, 5) is 48.1. The molecule has 3 fully saturated rings. The lowest BCUT2D eigenvalue weighted by atomic mass is 9.64. The molecule has 1 N–H and O–H groups in total. The van der Waals surface area contributed by atoms with Gasteiger partial charge in [-0.2, -0.15) is 0 Å². The lowest BCUT2D eigenvalue weighted by Gasteiger charge is -2.43. The first kappa shape index (κ1) is 20.6. The van der Waals surface area contributed by atoms with Crippen molar-refractivity contribution in [2.24, 2.45) is 11.3 Å². The van der Waals surface area contributed by atoms with Crippen molar-refractivity contribution in [3.8, 4) is 0 Å². The molecule has 0 aromatic carbocycles. The van der Waals surface area contributed by atoms with E-state index in [9.17, 15) is 14.4 Å². The Morgan fingerprint density at radius 3 is 2.53 bits per heavy atom. The molecule has 3 heterocycles. The van der Waals surface area contributed by atoms with Gasteiger partial charge in [0.2, 0.25) is 5.91 Å². The zero-order valence-corrected chi connectivity index (χ0v) is 18.1. The normalized spacial score (nSPS) is 28.8. The summed E-state index contributed by atoms with van der Waals surface area (Å²) >= 11 is 0. The minimum Gasteiger partial charge on any atom is -0.353 e. The number of aromatic nitrogens is 1. The van der Waals surface area contributed by atoms with Crippen LogP contribution in [0.4, 0.5) is 10.6 Å². The number of anilines is 1. The average molecular weight is 414 g/mol. The Labute approximate surface area is 177 Å². The number of amides is 4. The van der Waals surface area contributed by atoms with Crippen molar-refractivity contribution in [3.63, 3.8) is 0 Å². The molecule has 1 aromatic rings. The van der Waals surface area contributed by atoms with E-state index in [4.69, 9.17) is 0 Å². The monoisotopic (exact) mass is 413 g/mol. The van der Waals surface area contributed by atoms with E-state index in [0.717, 1.165) is 17.1 Å². The molecule has 2 saturated heterocycles. The van der Waals surface area contributed by atoms with Crippen molar-refractivity contribution >= 4 is 23.7 Å². The van der Waals surface area contributed by atoms with E-state index >= 15 is 0 Å². The number of urea groups is 1. The summed E-state index contributed by atoms with van der Waals surface area (Å²) in [5.41, 5.74) is -0.890. The highest BCUT2D eigenvalue weighted by molar-refractivity contribution is 6.09. The molecule has 162 valence electrons. The number of pyridine rings is 1. The van der Waals surface area contributed by atoms with Gasteiger partial charge < -0.3 is 15.1 Å². The number of piperazine rings is 1. The Morgan fingerprint density at radius 1 is 1.17 bits per heavy atom. The van der Waals surface area contributed by atoms with Crippen LogP contribution >= 0.6 is 0 Å². The van der Waals surface area contributed by atoms with Gasteiger partial charge in [0.25, 0.3) is 5.91 Å². The van der Waals surface area contributed by atoms with Crippen LogP contribution in [0.25, 0.3) is 0 Å². The Hall–Kier alpha value is -2.64. The van der Waals surface area contributed by atoms with E-state index in [1.54, 1.807) is 11.1 Å². The van der Waals surface area contributed by atoms with Crippen LogP contribution in [0.2, 0.25) is 0 Å². The maximum absolute atomic E-state index is 13.2. The van der Waals surface area contributed by atoms with Gasteiger partial charge in [0.05, 0.1) is 0 Å².